The molecule has 0 aliphatic heterocycles. The number of hydrogen-bond acceptors (Lipinski definition) is 3. The van der Waals surface area contributed by atoms with E-state index >= 15 is 0 Å². The minimum absolute atomic E-state index is 0.0431. The van der Waals surface area contributed by atoms with Crippen LogP contribution < -0.4 is 10.1 Å². The van der Waals surface area contributed by atoms with Gasteiger partial charge in [0.1, 0.15) is 11.8 Å². The smallest absolute Gasteiger partial charge is 0.243 e. The Morgan fingerprint density at radius 1 is 1.03 bits per heavy atom. The summed E-state index contributed by atoms with van der Waals surface area (Å²) in [5.41, 5.74) is 0.815. The molecule has 2 aromatic rings. The van der Waals surface area contributed by atoms with Gasteiger partial charge >= 0.3 is 0 Å². The summed E-state index contributed by atoms with van der Waals surface area (Å²) in [6.07, 6.45) is 2.14. The van der Waals surface area contributed by atoms with Gasteiger partial charge in [0.15, 0.2) is 0 Å². The van der Waals surface area contributed by atoms with Crippen LogP contribution in [0.3, 0.4) is 0 Å². The van der Waals surface area contributed by atoms with Crippen molar-refractivity contribution in [3.63, 3.8) is 0 Å². The van der Waals surface area contributed by atoms with Crippen LogP contribution in [-0.4, -0.2) is 35.4 Å². The fourth-order valence-corrected chi connectivity index (χ4v) is 3.58. The van der Waals surface area contributed by atoms with Crippen LogP contribution in [0.2, 0.25) is 10.0 Å². The van der Waals surface area contributed by atoms with Gasteiger partial charge in [-0.3, -0.25) is 9.59 Å². The number of amides is 2. The van der Waals surface area contributed by atoms with E-state index in [0.717, 1.165) is 12.0 Å². The lowest BCUT2D eigenvalue weighted by Crippen LogP contribution is -2.50. The molecule has 0 fully saturated rings. The van der Waals surface area contributed by atoms with Gasteiger partial charge in [0, 0.05) is 29.1 Å². The second-order valence-electron chi connectivity index (χ2n) is 7.76. The molecule has 0 aliphatic rings. The van der Waals surface area contributed by atoms with Crippen molar-refractivity contribution in [2.24, 2.45) is 0 Å². The van der Waals surface area contributed by atoms with E-state index in [-0.39, 0.29) is 30.8 Å². The van der Waals surface area contributed by atoms with E-state index in [0.29, 0.717) is 35.2 Å². The van der Waals surface area contributed by atoms with Crippen molar-refractivity contribution in [2.75, 3.05) is 6.61 Å². The van der Waals surface area contributed by atoms with Crippen LogP contribution in [0.25, 0.3) is 0 Å². The van der Waals surface area contributed by atoms with Crippen LogP contribution in [0.15, 0.2) is 48.5 Å². The molecule has 7 heteroatoms. The monoisotopic (exact) mass is 478 g/mol. The average Bonchev–Trinajstić information content (AvgIpc) is 2.78. The van der Waals surface area contributed by atoms with Crippen LogP contribution in [0.5, 0.6) is 5.75 Å². The molecular weight excluding hydrogens is 447 g/mol. The lowest BCUT2D eigenvalue weighted by molar-refractivity contribution is -0.141. The number of rotatable bonds is 12. The van der Waals surface area contributed by atoms with Crippen LogP contribution in [0, 0.1) is 0 Å². The second kappa shape index (κ2) is 13.3. The summed E-state index contributed by atoms with van der Waals surface area (Å²) in [5, 5.41) is 4.23. The van der Waals surface area contributed by atoms with Crippen molar-refractivity contribution in [3.8, 4) is 5.75 Å². The number of benzene rings is 2. The van der Waals surface area contributed by atoms with Crippen LogP contribution in [0.1, 0.15) is 52.0 Å². The van der Waals surface area contributed by atoms with Gasteiger partial charge in [-0.15, -0.1) is 0 Å². The third-order valence-corrected chi connectivity index (χ3v) is 5.92. The Kier molecular flexibility index (Phi) is 10.8. The van der Waals surface area contributed by atoms with Crippen LogP contribution >= 0.6 is 23.2 Å². The molecule has 2 rings (SSSR count). The second-order valence-corrected chi connectivity index (χ2v) is 8.60. The fourth-order valence-electron chi connectivity index (χ4n) is 3.26. The fraction of sp³-hybridized carbons (Fsp3) is 0.440. The maximum Gasteiger partial charge on any atom is 0.243 e. The van der Waals surface area contributed by atoms with E-state index < -0.39 is 6.04 Å². The SMILES string of the molecule is CC[C@@H](C)NC(=O)[C@@H](CC)N(Cc1ccccc1Cl)C(=O)CCCOc1ccc(Cl)cc1. The zero-order valence-corrected chi connectivity index (χ0v) is 20.5. The highest BCUT2D eigenvalue weighted by atomic mass is 35.5. The Balaban J connectivity index is 2.07. The van der Waals surface area contributed by atoms with Crippen molar-refractivity contribution in [1.82, 2.24) is 10.2 Å². The number of nitrogens with one attached hydrogen (secondary N) is 1. The predicted molar refractivity (Wildman–Crippen MR) is 130 cm³/mol. The summed E-state index contributed by atoms with van der Waals surface area (Å²) in [6, 6.07) is 14.0. The van der Waals surface area contributed by atoms with Crippen molar-refractivity contribution < 1.29 is 14.3 Å². The van der Waals surface area contributed by atoms with Gasteiger partial charge < -0.3 is 15.0 Å². The standard InChI is InChI=1S/C25H32Cl2N2O3/c1-4-18(3)28-25(31)23(5-2)29(17-19-9-6-7-10-22(19)27)24(30)11-8-16-32-21-14-12-20(26)13-15-21/h6-7,9-10,12-15,18,23H,4-5,8,11,16-17H2,1-3H3,(H,28,31)/t18-,23-/m1/s1. The Morgan fingerprint density at radius 3 is 2.34 bits per heavy atom. The third-order valence-electron chi connectivity index (χ3n) is 5.30. The summed E-state index contributed by atoms with van der Waals surface area (Å²) in [4.78, 5) is 27.8. The lowest BCUT2D eigenvalue weighted by atomic mass is 10.1. The Bertz CT molecular complexity index is 874. The molecule has 2 amide bonds. The molecule has 0 unspecified atom stereocenters. The van der Waals surface area contributed by atoms with Gasteiger partial charge in [-0.05, 0) is 62.1 Å². The number of nitrogens with zero attached hydrogens (tertiary/aromatic N) is 1. The molecule has 0 spiro atoms. The molecule has 32 heavy (non-hydrogen) atoms. The van der Waals surface area contributed by atoms with E-state index in [1.54, 1.807) is 35.2 Å². The maximum absolute atomic E-state index is 13.2. The number of hydrogen-bond donors (Lipinski definition) is 1. The van der Waals surface area contributed by atoms with Gasteiger partial charge in [-0.1, -0.05) is 55.2 Å². The third kappa shape index (κ3) is 8.03. The zero-order valence-electron chi connectivity index (χ0n) is 18.9. The van der Waals surface area contributed by atoms with E-state index in [1.807, 2.05) is 39.0 Å². The van der Waals surface area contributed by atoms with Crippen LogP contribution in [-0.2, 0) is 16.1 Å². The molecule has 0 heterocycles. The predicted octanol–water partition coefficient (Wildman–Crippen LogP) is 5.87. The Morgan fingerprint density at radius 2 is 1.72 bits per heavy atom. The van der Waals surface area contributed by atoms with E-state index in [9.17, 15) is 9.59 Å². The summed E-state index contributed by atoms with van der Waals surface area (Å²) >= 11 is 12.2. The van der Waals surface area contributed by atoms with Gasteiger partial charge in [0.25, 0.3) is 0 Å². The van der Waals surface area contributed by atoms with E-state index in [4.69, 9.17) is 27.9 Å². The normalized spacial score (nSPS) is 12.7. The summed E-state index contributed by atoms with van der Waals surface area (Å²) < 4.78 is 5.70. The van der Waals surface area contributed by atoms with Crippen LogP contribution in [0.4, 0.5) is 0 Å². The molecule has 2 atom stereocenters. The Hall–Kier alpha value is -2.24. The molecule has 0 saturated carbocycles. The molecule has 2 aromatic carbocycles. The van der Waals surface area contributed by atoms with E-state index in [1.165, 1.54) is 0 Å². The number of carbonyl (C=O) groups excluding carboxylic acids is 2. The number of ether oxygens (including phenoxy) is 1. The Labute approximate surface area is 201 Å². The molecule has 0 aromatic heterocycles. The lowest BCUT2D eigenvalue weighted by Gasteiger charge is -2.31. The molecule has 5 nitrogen and oxygen atoms in total. The summed E-state index contributed by atoms with van der Waals surface area (Å²) in [6.45, 7) is 6.56. The highest BCUT2D eigenvalue weighted by Crippen LogP contribution is 2.21. The minimum Gasteiger partial charge on any atom is -0.494 e. The van der Waals surface area contributed by atoms with Gasteiger partial charge in [-0.2, -0.15) is 0 Å². The zero-order chi connectivity index (χ0) is 23.5. The summed E-state index contributed by atoms with van der Waals surface area (Å²) in [7, 11) is 0. The van der Waals surface area contributed by atoms with Crippen molar-refractivity contribution >= 4 is 35.0 Å². The molecule has 0 aliphatic carbocycles. The van der Waals surface area contributed by atoms with Gasteiger partial charge in [-0.25, -0.2) is 0 Å². The first-order chi connectivity index (χ1) is 15.3. The number of halogens is 2. The first-order valence-corrected chi connectivity index (χ1v) is 11.8. The molecule has 0 saturated heterocycles. The average molecular weight is 479 g/mol. The maximum atomic E-state index is 13.2. The van der Waals surface area contributed by atoms with Crippen molar-refractivity contribution in [1.29, 1.82) is 0 Å². The molecule has 0 radical (unpaired) electrons. The molecule has 174 valence electrons. The number of carbonyl (C=O) groups is 2. The van der Waals surface area contributed by atoms with Gasteiger partial charge in [0.05, 0.1) is 6.61 Å². The van der Waals surface area contributed by atoms with E-state index in [2.05, 4.69) is 5.32 Å². The molecule has 0 bridgehead atoms. The summed E-state index contributed by atoms with van der Waals surface area (Å²) in [5.74, 6) is 0.463. The van der Waals surface area contributed by atoms with Crippen molar-refractivity contribution in [3.05, 3.63) is 64.1 Å². The minimum atomic E-state index is -0.565. The molecular formula is C25H32Cl2N2O3. The topological polar surface area (TPSA) is 58.6 Å². The van der Waals surface area contributed by atoms with Gasteiger partial charge in [0.2, 0.25) is 11.8 Å². The largest absolute Gasteiger partial charge is 0.494 e. The van der Waals surface area contributed by atoms with Crippen molar-refractivity contribution in [2.45, 2.75) is 65.1 Å². The first kappa shape index (κ1) is 26.0. The first-order valence-electron chi connectivity index (χ1n) is 11.1. The quantitative estimate of drug-likeness (QED) is 0.387. The highest BCUT2D eigenvalue weighted by Gasteiger charge is 2.29. The highest BCUT2D eigenvalue weighted by molar-refractivity contribution is 6.31. The molecule has 1 N–H and O–H groups in total.